The third kappa shape index (κ3) is 5.03. The Morgan fingerprint density at radius 2 is 2.22 bits per heavy atom. The van der Waals surface area contributed by atoms with E-state index < -0.39 is 0 Å². The highest BCUT2D eigenvalue weighted by atomic mass is 16.5. The van der Waals surface area contributed by atoms with Gasteiger partial charge in [-0.05, 0) is 0 Å². The standard InChI is InChI=1S/C6H10O3/c1-8-5-3-4-6(7)9-2/h3-4H,5H2,1-2H3. The van der Waals surface area contributed by atoms with Crippen LogP contribution >= 0.6 is 0 Å². The molecule has 0 spiro atoms. The topological polar surface area (TPSA) is 35.5 Å². The normalized spacial score (nSPS) is 10.0. The number of hydrogen-bond acceptors (Lipinski definition) is 3. The van der Waals surface area contributed by atoms with Crippen LogP contribution in [0.2, 0.25) is 0 Å². The van der Waals surface area contributed by atoms with Gasteiger partial charge in [0.1, 0.15) is 0 Å². The molecular formula is C6H10O3. The Kier molecular flexibility index (Phi) is 4.82. The number of carbonyl (C=O) groups excluding carboxylic acids is 1. The van der Waals surface area contributed by atoms with Crippen molar-refractivity contribution in [3.63, 3.8) is 0 Å². The maximum atomic E-state index is 10.3. The molecule has 0 fully saturated rings. The van der Waals surface area contributed by atoms with E-state index in [1.165, 1.54) is 13.2 Å². The van der Waals surface area contributed by atoms with Gasteiger partial charge in [-0.15, -0.1) is 0 Å². The molecule has 0 aromatic heterocycles. The summed E-state index contributed by atoms with van der Waals surface area (Å²) in [6, 6.07) is 0. The lowest BCUT2D eigenvalue weighted by Gasteiger charge is -1.88. The maximum absolute atomic E-state index is 10.3. The van der Waals surface area contributed by atoms with Crippen molar-refractivity contribution in [1.82, 2.24) is 0 Å². The molecule has 0 saturated carbocycles. The summed E-state index contributed by atoms with van der Waals surface area (Å²) in [6.07, 6.45) is 2.91. The highest BCUT2D eigenvalue weighted by Gasteiger charge is 1.86. The molecule has 0 heterocycles. The Balaban J connectivity index is 3.32. The van der Waals surface area contributed by atoms with Crippen molar-refractivity contribution in [2.75, 3.05) is 20.8 Å². The molecule has 0 aliphatic heterocycles. The minimum Gasteiger partial charge on any atom is -0.466 e. The van der Waals surface area contributed by atoms with Gasteiger partial charge < -0.3 is 9.47 Å². The molecule has 0 rings (SSSR count). The number of ether oxygens (including phenoxy) is 2. The van der Waals surface area contributed by atoms with E-state index in [9.17, 15) is 4.79 Å². The molecule has 9 heavy (non-hydrogen) atoms. The summed E-state index contributed by atoms with van der Waals surface area (Å²) in [5, 5.41) is 0. The smallest absolute Gasteiger partial charge is 0.330 e. The fourth-order valence-electron chi connectivity index (χ4n) is 0.309. The van der Waals surface area contributed by atoms with Gasteiger partial charge in [-0.2, -0.15) is 0 Å². The quantitative estimate of drug-likeness (QED) is 0.409. The minimum absolute atomic E-state index is 0.355. The van der Waals surface area contributed by atoms with Gasteiger partial charge in [0, 0.05) is 13.2 Å². The van der Waals surface area contributed by atoms with Gasteiger partial charge >= 0.3 is 5.97 Å². The predicted octanol–water partition coefficient (Wildman–Crippen LogP) is 0.362. The van der Waals surface area contributed by atoms with Crippen molar-refractivity contribution in [3.05, 3.63) is 12.2 Å². The average molecular weight is 130 g/mol. The van der Waals surface area contributed by atoms with E-state index in [-0.39, 0.29) is 5.97 Å². The van der Waals surface area contributed by atoms with Gasteiger partial charge in [-0.25, -0.2) is 4.79 Å². The molecule has 52 valence electrons. The van der Waals surface area contributed by atoms with Crippen LogP contribution in [0.3, 0.4) is 0 Å². The number of carbonyl (C=O) groups is 1. The van der Waals surface area contributed by atoms with Crippen molar-refractivity contribution in [3.8, 4) is 0 Å². The minimum atomic E-state index is -0.355. The third-order valence-electron chi connectivity index (χ3n) is 0.718. The first-order chi connectivity index (χ1) is 4.31. The molecule has 3 nitrogen and oxygen atoms in total. The zero-order valence-electron chi connectivity index (χ0n) is 5.59. The lowest BCUT2D eigenvalue weighted by molar-refractivity contribution is -0.134. The third-order valence-corrected chi connectivity index (χ3v) is 0.718. The Labute approximate surface area is 54.3 Å². The van der Waals surface area contributed by atoms with E-state index in [1.54, 1.807) is 13.2 Å². The van der Waals surface area contributed by atoms with Gasteiger partial charge in [-0.1, -0.05) is 6.08 Å². The molecule has 0 atom stereocenters. The first-order valence-corrected chi connectivity index (χ1v) is 2.54. The largest absolute Gasteiger partial charge is 0.466 e. The molecule has 0 N–H and O–H groups in total. The van der Waals surface area contributed by atoms with E-state index in [0.29, 0.717) is 6.61 Å². The molecule has 0 unspecified atom stereocenters. The molecule has 0 radical (unpaired) electrons. The van der Waals surface area contributed by atoms with Crippen molar-refractivity contribution in [2.45, 2.75) is 0 Å². The molecule has 3 heteroatoms. The summed E-state index contributed by atoms with van der Waals surface area (Å²) in [6.45, 7) is 0.440. The fraction of sp³-hybridized carbons (Fsp3) is 0.500. The summed E-state index contributed by atoms with van der Waals surface area (Å²) in [7, 11) is 2.89. The van der Waals surface area contributed by atoms with Gasteiger partial charge in [0.25, 0.3) is 0 Å². The van der Waals surface area contributed by atoms with Crippen molar-refractivity contribution in [1.29, 1.82) is 0 Å². The highest BCUT2D eigenvalue weighted by molar-refractivity contribution is 5.81. The van der Waals surface area contributed by atoms with E-state index in [4.69, 9.17) is 0 Å². The maximum Gasteiger partial charge on any atom is 0.330 e. The molecule has 0 aliphatic carbocycles. The fourth-order valence-corrected chi connectivity index (χ4v) is 0.309. The van der Waals surface area contributed by atoms with Crippen molar-refractivity contribution < 1.29 is 14.3 Å². The second-order valence-corrected chi connectivity index (χ2v) is 1.38. The van der Waals surface area contributed by atoms with Crippen LogP contribution < -0.4 is 0 Å². The van der Waals surface area contributed by atoms with Crippen LogP contribution in [-0.4, -0.2) is 26.8 Å². The van der Waals surface area contributed by atoms with E-state index in [2.05, 4.69) is 9.47 Å². The second kappa shape index (κ2) is 5.31. The van der Waals surface area contributed by atoms with Crippen LogP contribution in [0.15, 0.2) is 12.2 Å². The van der Waals surface area contributed by atoms with Crippen LogP contribution in [0.5, 0.6) is 0 Å². The molecule has 0 amide bonds. The molecule has 0 bridgehead atoms. The van der Waals surface area contributed by atoms with E-state index in [0.717, 1.165) is 0 Å². The van der Waals surface area contributed by atoms with Gasteiger partial charge in [0.15, 0.2) is 0 Å². The average Bonchev–Trinajstić information content (AvgIpc) is 1.89. The summed E-state index contributed by atoms with van der Waals surface area (Å²) in [4.78, 5) is 10.3. The van der Waals surface area contributed by atoms with Gasteiger partial charge in [0.05, 0.1) is 13.7 Å². The highest BCUT2D eigenvalue weighted by Crippen LogP contribution is 1.77. The monoisotopic (exact) mass is 130 g/mol. The SMILES string of the molecule is COCC=CC(=O)OC. The number of rotatable bonds is 3. The second-order valence-electron chi connectivity index (χ2n) is 1.38. The molecular weight excluding hydrogens is 120 g/mol. The molecule has 0 saturated heterocycles. The lowest BCUT2D eigenvalue weighted by Crippen LogP contribution is -1.94. The number of methoxy groups -OCH3 is 2. The first kappa shape index (κ1) is 8.17. The summed E-state index contributed by atoms with van der Waals surface area (Å²) >= 11 is 0. The van der Waals surface area contributed by atoms with Crippen LogP contribution in [0.25, 0.3) is 0 Å². The Morgan fingerprint density at radius 3 is 2.67 bits per heavy atom. The van der Waals surface area contributed by atoms with Crippen LogP contribution in [0.1, 0.15) is 0 Å². The van der Waals surface area contributed by atoms with Gasteiger partial charge in [-0.3, -0.25) is 0 Å². The zero-order chi connectivity index (χ0) is 7.11. The summed E-state index contributed by atoms with van der Waals surface area (Å²) in [5.41, 5.74) is 0. The number of esters is 1. The van der Waals surface area contributed by atoms with E-state index >= 15 is 0 Å². The molecule has 0 aromatic carbocycles. The van der Waals surface area contributed by atoms with Crippen molar-refractivity contribution in [2.24, 2.45) is 0 Å². The van der Waals surface area contributed by atoms with Crippen LogP contribution in [-0.2, 0) is 14.3 Å². The van der Waals surface area contributed by atoms with Crippen LogP contribution in [0.4, 0.5) is 0 Å². The number of hydrogen-bond donors (Lipinski definition) is 0. The summed E-state index contributed by atoms with van der Waals surface area (Å²) in [5.74, 6) is -0.355. The molecule has 0 aliphatic rings. The Hall–Kier alpha value is -0.830. The van der Waals surface area contributed by atoms with Gasteiger partial charge in [0.2, 0.25) is 0 Å². The zero-order valence-corrected chi connectivity index (χ0v) is 5.59. The van der Waals surface area contributed by atoms with Crippen molar-refractivity contribution >= 4 is 5.97 Å². The van der Waals surface area contributed by atoms with Crippen LogP contribution in [0, 0.1) is 0 Å². The first-order valence-electron chi connectivity index (χ1n) is 2.54. The predicted molar refractivity (Wildman–Crippen MR) is 33.0 cm³/mol. The molecule has 0 aromatic rings. The van der Waals surface area contributed by atoms with E-state index in [1.807, 2.05) is 0 Å². The lowest BCUT2D eigenvalue weighted by atomic mass is 10.5. The Bertz CT molecular complexity index is 107. The Morgan fingerprint density at radius 1 is 1.56 bits per heavy atom. The summed E-state index contributed by atoms with van der Waals surface area (Å²) < 4.78 is 8.96.